The van der Waals surface area contributed by atoms with Gasteiger partial charge in [-0.25, -0.2) is 4.79 Å². The minimum Gasteiger partial charge on any atom is -0.481 e. The van der Waals surface area contributed by atoms with Gasteiger partial charge in [0.15, 0.2) is 6.10 Å². The van der Waals surface area contributed by atoms with E-state index in [1.807, 2.05) is 29.2 Å². The number of carbonyl (C=O) groups excluding carboxylic acids is 1. The van der Waals surface area contributed by atoms with E-state index in [1.54, 1.807) is 25.1 Å². The lowest BCUT2D eigenvalue weighted by molar-refractivity contribution is -0.141. The second kappa shape index (κ2) is 8.52. The van der Waals surface area contributed by atoms with E-state index in [0.717, 1.165) is 36.8 Å². The third-order valence-corrected chi connectivity index (χ3v) is 5.96. The van der Waals surface area contributed by atoms with Crippen molar-refractivity contribution in [3.05, 3.63) is 64.0 Å². The molecule has 2 unspecified atom stereocenters. The fraction of sp³-hybridized carbons (Fsp3) is 0.333. The van der Waals surface area contributed by atoms with Crippen molar-refractivity contribution in [1.82, 2.24) is 4.90 Å². The Kier molecular flexibility index (Phi) is 5.82. The molecule has 2 aromatic carbocycles. The minimum absolute atomic E-state index is 0.0198. The summed E-state index contributed by atoms with van der Waals surface area (Å²) in [5.74, 6) is 0.459. The van der Waals surface area contributed by atoms with Gasteiger partial charge < -0.3 is 14.1 Å². The van der Waals surface area contributed by atoms with Gasteiger partial charge in [-0.1, -0.05) is 29.8 Å². The van der Waals surface area contributed by atoms with E-state index >= 15 is 0 Å². The highest BCUT2D eigenvalue weighted by Gasteiger charge is 2.28. The quantitative estimate of drug-likeness (QED) is 0.533. The van der Waals surface area contributed by atoms with E-state index in [-0.39, 0.29) is 11.9 Å². The molecule has 2 heterocycles. The normalized spacial score (nSPS) is 17.7. The molecule has 0 spiro atoms. The number of hydrogen-bond acceptors (Lipinski definition) is 4. The Morgan fingerprint density at radius 2 is 1.97 bits per heavy atom. The minimum atomic E-state index is -0.624. The van der Waals surface area contributed by atoms with Crippen LogP contribution in [0.15, 0.2) is 57.7 Å². The first-order valence-corrected chi connectivity index (χ1v) is 10.6. The van der Waals surface area contributed by atoms with E-state index in [4.69, 9.17) is 20.8 Å². The van der Waals surface area contributed by atoms with Gasteiger partial charge in [-0.05, 0) is 51.3 Å². The second-order valence-corrected chi connectivity index (χ2v) is 8.16. The molecule has 5 nitrogen and oxygen atoms in total. The van der Waals surface area contributed by atoms with Crippen LogP contribution < -0.4 is 10.4 Å². The lowest BCUT2D eigenvalue weighted by Gasteiger charge is -2.35. The predicted octanol–water partition coefficient (Wildman–Crippen LogP) is 5.28. The van der Waals surface area contributed by atoms with Gasteiger partial charge in [-0.15, -0.1) is 0 Å². The van der Waals surface area contributed by atoms with Crippen LogP contribution in [0, 0.1) is 0 Å². The smallest absolute Gasteiger partial charge is 0.336 e. The molecule has 4 rings (SSSR count). The number of ether oxygens (including phenoxy) is 1. The van der Waals surface area contributed by atoms with E-state index < -0.39 is 11.7 Å². The highest BCUT2D eigenvalue weighted by atomic mass is 35.5. The summed E-state index contributed by atoms with van der Waals surface area (Å²) in [4.78, 5) is 26.9. The molecule has 1 aliphatic rings. The maximum absolute atomic E-state index is 12.8. The molecule has 3 aromatic rings. The topological polar surface area (TPSA) is 59.8 Å². The molecule has 0 saturated carbocycles. The number of likely N-dealkylation sites (tertiary alicyclic amines) is 1. The first-order chi connectivity index (χ1) is 14.4. The van der Waals surface area contributed by atoms with Crippen LogP contribution in [0.3, 0.4) is 0 Å². The number of rotatable bonds is 4. The number of hydrogen-bond donors (Lipinski definition) is 0. The van der Waals surface area contributed by atoms with Gasteiger partial charge in [0.05, 0.1) is 0 Å². The van der Waals surface area contributed by atoms with Crippen molar-refractivity contribution in [1.29, 1.82) is 0 Å². The number of fused-ring (bicyclic) bond motifs is 1. The fourth-order valence-electron chi connectivity index (χ4n) is 4.03. The summed E-state index contributed by atoms with van der Waals surface area (Å²) < 4.78 is 11.3. The summed E-state index contributed by atoms with van der Waals surface area (Å²) in [7, 11) is 0. The summed E-state index contributed by atoms with van der Waals surface area (Å²) in [6, 6.07) is 14.3. The molecule has 0 aliphatic carbocycles. The Bertz CT molecular complexity index is 1140. The summed E-state index contributed by atoms with van der Waals surface area (Å²) in [5, 5.41) is 1.30. The summed E-state index contributed by atoms with van der Waals surface area (Å²) in [5.41, 5.74) is 1.37. The summed E-state index contributed by atoms with van der Waals surface area (Å²) >= 11 is 6.33. The summed E-state index contributed by atoms with van der Waals surface area (Å²) in [6.07, 6.45) is 2.57. The molecule has 1 aliphatic heterocycles. The largest absolute Gasteiger partial charge is 0.481 e. The Morgan fingerprint density at radius 1 is 1.17 bits per heavy atom. The van der Waals surface area contributed by atoms with Gasteiger partial charge in [0, 0.05) is 46.3 Å². The van der Waals surface area contributed by atoms with Crippen LogP contribution in [0.25, 0.3) is 22.1 Å². The number of nitrogens with zero attached hydrogens (tertiary/aromatic N) is 1. The lowest BCUT2D eigenvalue weighted by Crippen LogP contribution is -2.47. The van der Waals surface area contributed by atoms with Crippen molar-refractivity contribution < 1.29 is 13.9 Å². The van der Waals surface area contributed by atoms with Crippen LogP contribution in [-0.2, 0) is 4.79 Å². The molecule has 1 fully saturated rings. The Labute approximate surface area is 180 Å². The van der Waals surface area contributed by atoms with Gasteiger partial charge in [0.1, 0.15) is 11.3 Å². The van der Waals surface area contributed by atoms with Crippen molar-refractivity contribution in [3.63, 3.8) is 0 Å². The molecule has 1 aromatic heterocycles. The van der Waals surface area contributed by atoms with Crippen LogP contribution in [0.5, 0.6) is 5.75 Å². The van der Waals surface area contributed by atoms with E-state index in [1.165, 1.54) is 6.07 Å². The highest BCUT2D eigenvalue weighted by molar-refractivity contribution is 6.33. The average Bonchev–Trinajstić information content (AvgIpc) is 2.73. The van der Waals surface area contributed by atoms with Gasteiger partial charge in [0.25, 0.3) is 5.91 Å². The molecular weight excluding hydrogens is 402 g/mol. The van der Waals surface area contributed by atoms with Crippen molar-refractivity contribution >= 4 is 28.5 Å². The molecule has 2 atom stereocenters. The second-order valence-electron chi connectivity index (χ2n) is 7.75. The monoisotopic (exact) mass is 425 g/mol. The Balaban J connectivity index is 1.63. The number of benzene rings is 2. The average molecular weight is 426 g/mol. The number of piperidine rings is 1. The molecule has 0 radical (unpaired) electrons. The van der Waals surface area contributed by atoms with Crippen LogP contribution in [-0.4, -0.2) is 29.5 Å². The van der Waals surface area contributed by atoms with Gasteiger partial charge >= 0.3 is 5.63 Å². The van der Waals surface area contributed by atoms with Crippen LogP contribution >= 0.6 is 11.6 Å². The third kappa shape index (κ3) is 4.08. The van der Waals surface area contributed by atoms with Crippen molar-refractivity contribution in [2.24, 2.45) is 0 Å². The first kappa shape index (κ1) is 20.5. The highest BCUT2D eigenvalue weighted by Crippen LogP contribution is 2.34. The zero-order valence-corrected chi connectivity index (χ0v) is 17.8. The molecule has 0 N–H and O–H groups in total. The van der Waals surface area contributed by atoms with Gasteiger partial charge in [-0.2, -0.15) is 0 Å². The van der Waals surface area contributed by atoms with Crippen molar-refractivity contribution in [3.8, 4) is 16.9 Å². The van der Waals surface area contributed by atoms with Crippen molar-refractivity contribution in [2.75, 3.05) is 6.54 Å². The number of halogens is 1. The lowest BCUT2D eigenvalue weighted by atomic mass is 10.0. The summed E-state index contributed by atoms with van der Waals surface area (Å²) in [6.45, 7) is 4.59. The fourth-order valence-corrected chi connectivity index (χ4v) is 4.27. The maximum atomic E-state index is 12.8. The Morgan fingerprint density at radius 3 is 2.73 bits per heavy atom. The zero-order valence-electron chi connectivity index (χ0n) is 17.1. The maximum Gasteiger partial charge on any atom is 0.336 e. The standard InChI is InChI=1S/C24H24ClNO4/c1-15-7-5-6-12-26(15)24(28)16(2)29-17-10-11-19-20(14-23(27)30-22(19)13-17)18-8-3-4-9-21(18)25/h3-4,8-11,13-16H,5-7,12H2,1-2H3. The van der Waals surface area contributed by atoms with E-state index in [2.05, 4.69) is 6.92 Å². The molecule has 30 heavy (non-hydrogen) atoms. The first-order valence-electron chi connectivity index (χ1n) is 10.2. The Hall–Kier alpha value is -2.79. The predicted molar refractivity (Wildman–Crippen MR) is 118 cm³/mol. The SMILES string of the molecule is CC(Oc1ccc2c(-c3ccccc3Cl)cc(=O)oc2c1)C(=O)N1CCCCC1C. The molecule has 0 bridgehead atoms. The molecule has 156 valence electrons. The van der Waals surface area contributed by atoms with Crippen LogP contribution in [0.4, 0.5) is 0 Å². The number of amides is 1. The molecule has 6 heteroatoms. The zero-order chi connectivity index (χ0) is 21.3. The van der Waals surface area contributed by atoms with Crippen LogP contribution in [0.1, 0.15) is 33.1 Å². The van der Waals surface area contributed by atoms with Crippen molar-refractivity contribution in [2.45, 2.75) is 45.3 Å². The van der Waals surface area contributed by atoms with Gasteiger partial charge in [0.2, 0.25) is 0 Å². The van der Waals surface area contributed by atoms with E-state index in [0.29, 0.717) is 21.9 Å². The number of carbonyl (C=O) groups is 1. The molecular formula is C24H24ClNO4. The molecule has 1 amide bonds. The third-order valence-electron chi connectivity index (χ3n) is 5.63. The van der Waals surface area contributed by atoms with Crippen LogP contribution in [0.2, 0.25) is 5.02 Å². The van der Waals surface area contributed by atoms with Gasteiger partial charge in [-0.3, -0.25) is 4.79 Å². The van der Waals surface area contributed by atoms with E-state index in [9.17, 15) is 9.59 Å². The molecule has 1 saturated heterocycles.